The van der Waals surface area contributed by atoms with Gasteiger partial charge in [0.05, 0.1) is 12.4 Å². The van der Waals surface area contributed by atoms with Crippen LogP contribution in [0.25, 0.3) is 0 Å². The molecule has 0 unspecified atom stereocenters. The van der Waals surface area contributed by atoms with E-state index >= 15 is 0 Å². The summed E-state index contributed by atoms with van der Waals surface area (Å²) in [5.74, 6) is 0.128. The van der Waals surface area contributed by atoms with Gasteiger partial charge in [-0.1, -0.05) is 13.8 Å². The quantitative estimate of drug-likeness (QED) is 0.825. The highest BCUT2D eigenvalue weighted by Gasteiger charge is 2.20. The van der Waals surface area contributed by atoms with Crippen molar-refractivity contribution >= 4 is 5.95 Å². The van der Waals surface area contributed by atoms with Crippen LogP contribution in [-0.2, 0) is 0 Å². The van der Waals surface area contributed by atoms with E-state index in [1.54, 1.807) is 0 Å². The molecule has 4 nitrogen and oxygen atoms in total. The molecule has 5 heteroatoms. The number of aromatic nitrogens is 2. The average molecular weight is 226 g/mol. The highest BCUT2D eigenvalue weighted by molar-refractivity contribution is 5.28. The monoisotopic (exact) mass is 226 g/mol. The van der Waals surface area contributed by atoms with Crippen LogP contribution in [-0.4, -0.2) is 29.6 Å². The maximum atomic E-state index is 12.7. The van der Waals surface area contributed by atoms with Crippen molar-refractivity contribution in [1.29, 1.82) is 0 Å². The highest BCUT2D eigenvalue weighted by atomic mass is 19.1. The molecule has 2 N–H and O–H groups in total. The number of hydrogen-bond acceptors (Lipinski definition) is 4. The number of halogens is 1. The van der Waals surface area contributed by atoms with Gasteiger partial charge in [-0.3, -0.25) is 0 Å². The van der Waals surface area contributed by atoms with E-state index in [9.17, 15) is 4.39 Å². The molecule has 1 heterocycles. The van der Waals surface area contributed by atoms with Gasteiger partial charge in [0.15, 0.2) is 5.82 Å². The Morgan fingerprint density at radius 1 is 1.38 bits per heavy atom. The predicted octanol–water partition coefficient (Wildman–Crippen LogP) is 1.43. The number of hydrogen-bond donors (Lipinski definition) is 1. The van der Waals surface area contributed by atoms with Crippen LogP contribution in [0.1, 0.15) is 20.8 Å². The zero-order valence-corrected chi connectivity index (χ0v) is 10.1. The van der Waals surface area contributed by atoms with Crippen LogP contribution in [0.5, 0.6) is 0 Å². The van der Waals surface area contributed by atoms with Crippen LogP contribution in [0.3, 0.4) is 0 Å². The lowest BCUT2D eigenvalue weighted by atomic mass is 9.93. The second-order valence-corrected chi connectivity index (χ2v) is 4.58. The lowest BCUT2D eigenvalue weighted by Gasteiger charge is -2.30. The molecule has 0 spiro atoms. The molecule has 1 rings (SSSR count). The molecule has 0 saturated heterocycles. The third kappa shape index (κ3) is 3.41. The number of anilines is 1. The van der Waals surface area contributed by atoms with Crippen LogP contribution in [0.2, 0.25) is 0 Å². The van der Waals surface area contributed by atoms with Crippen LogP contribution in [0, 0.1) is 11.2 Å². The predicted molar refractivity (Wildman–Crippen MR) is 62.7 cm³/mol. The molecule has 0 aliphatic rings. The summed E-state index contributed by atoms with van der Waals surface area (Å²) in [6.45, 7) is 8.29. The van der Waals surface area contributed by atoms with E-state index in [0.717, 1.165) is 13.1 Å². The van der Waals surface area contributed by atoms with E-state index in [0.29, 0.717) is 12.5 Å². The fraction of sp³-hybridized carbons (Fsp3) is 0.636. The van der Waals surface area contributed by atoms with E-state index in [-0.39, 0.29) is 5.41 Å². The fourth-order valence-corrected chi connectivity index (χ4v) is 1.37. The van der Waals surface area contributed by atoms with Gasteiger partial charge in [-0.2, -0.15) is 0 Å². The summed E-state index contributed by atoms with van der Waals surface area (Å²) in [5.41, 5.74) is 5.68. The maximum absolute atomic E-state index is 12.7. The standard InChI is InChI=1S/C11H19FN4/c1-4-16(8-11(2,3)7-13)10-14-5-9(12)6-15-10/h5-6H,4,7-8,13H2,1-3H3. The number of nitrogens with zero attached hydrogens (tertiary/aromatic N) is 3. The molecule has 0 bridgehead atoms. The second-order valence-electron chi connectivity index (χ2n) is 4.58. The van der Waals surface area contributed by atoms with Gasteiger partial charge >= 0.3 is 0 Å². The minimum atomic E-state index is -0.419. The van der Waals surface area contributed by atoms with Crippen LogP contribution in [0.15, 0.2) is 12.4 Å². The fourth-order valence-electron chi connectivity index (χ4n) is 1.37. The Morgan fingerprint density at radius 3 is 2.38 bits per heavy atom. The van der Waals surface area contributed by atoms with Gasteiger partial charge in [-0.05, 0) is 18.9 Å². The van der Waals surface area contributed by atoms with Gasteiger partial charge < -0.3 is 10.6 Å². The third-order valence-corrected chi connectivity index (χ3v) is 2.44. The van der Waals surface area contributed by atoms with Crippen LogP contribution in [0.4, 0.5) is 10.3 Å². The van der Waals surface area contributed by atoms with Gasteiger partial charge in [0, 0.05) is 13.1 Å². The molecule has 0 amide bonds. The molecule has 0 aliphatic carbocycles. The largest absolute Gasteiger partial charge is 0.341 e. The van der Waals surface area contributed by atoms with E-state index < -0.39 is 5.82 Å². The molecular formula is C11H19FN4. The number of rotatable bonds is 5. The number of nitrogens with two attached hydrogens (primary N) is 1. The van der Waals surface area contributed by atoms with E-state index in [4.69, 9.17) is 5.73 Å². The molecule has 0 saturated carbocycles. The maximum Gasteiger partial charge on any atom is 0.225 e. The van der Waals surface area contributed by atoms with Crippen molar-refractivity contribution in [2.24, 2.45) is 11.1 Å². The van der Waals surface area contributed by atoms with Crippen LogP contribution < -0.4 is 10.6 Å². The van der Waals surface area contributed by atoms with Crippen LogP contribution >= 0.6 is 0 Å². The summed E-state index contributed by atoms with van der Waals surface area (Å²) in [7, 11) is 0. The molecule has 1 aromatic rings. The van der Waals surface area contributed by atoms with Crippen molar-refractivity contribution < 1.29 is 4.39 Å². The van der Waals surface area contributed by atoms with Gasteiger partial charge in [-0.25, -0.2) is 14.4 Å². The third-order valence-electron chi connectivity index (χ3n) is 2.44. The summed E-state index contributed by atoms with van der Waals surface area (Å²) < 4.78 is 12.7. The SMILES string of the molecule is CCN(CC(C)(C)CN)c1ncc(F)cn1. The van der Waals surface area contributed by atoms with E-state index in [1.807, 2.05) is 11.8 Å². The smallest absolute Gasteiger partial charge is 0.225 e. The first-order valence-electron chi connectivity index (χ1n) is 5.41. The topological polar surface area (TPSA) is 55.0 Å². The van der Waals surface area contributed by atoms with Crippen molar-refractivity contribution in [3.05, 3.63) is 18.2 Å². The van der Waals surface area contributed by atoms with Crippen molar-refractivity contribution in [3.8, 4) is 0 Å². The molecule has 0 atom stereocenters. The zero-order valence-electron chi connectivity index (χ0n) is 10.1. The van der Waals surface area contributed by atoms with Gasteiger partial charge in [0.1, 0.15) is 0 Å². The molecule has 0 aliphatic heterocycles. The first-order valence-corrected chi connectivity index (χ1v) is 5.41. The minimum Gasteiger partial charge on any atom is -0.341 e. The first kappa shape index (κ1) is 12.8. The Balaban J connectivity index is 2.78. The minimum absolute atomic E-state index is 0.00619. The molecule has 0 aromatic carbocycles. The Bertz CT molecular complexity index is 323. The lowest BCUT2D eigenvalue weighted by molar-refractivity contribution is 0.377. The molecule has 0 radical (unpaired) electrons. The summed E-state index contributed by atoms with van der Waals surface area (Å²) in [4.78, 5) is 9.93. The summed E-state index contributed by atoms with van der Waals surface area (Å²) in [6, 6.07) is 0. The molecular weight excluding hydrogens is 207 g/mol. The lowest BCUT2D eigenvalue weighted by Crippen LogP contribution is -2.39. The normalized spacial score (nSPS) is 11.6. The Labute approximate surface area is 95.7 Å². The van der Waals surface area contributed by atoms with Crippen molar-refractivity contribution in [1.82, 2.24) is 9.97 Å². The van der Waals surface area contributed by atoms with Crippen molar-refractivity contribution in [2.45, 2.75) is 20.8 Å². The Morgan fingerprint density at radius 2 is 1.94 bits per heavy atom. The van der Waals surface area contributed by atoms with Crippen molar-refractivity contribution in [2.75, 3.05) is 24.5 Å². The Hall–Kier alpha value is -1.23. The Kier molecular flexibility index (Phi) is 4.18. The summed E-state index contributed by atoms with van der Waals surface area (Å²) >= 11 is 0. The van der Waals surface area contributed by atoms with Gasteiger partial charge in [0.2, 0.25) is 5.95 Å². The van der Waals surface area contributed by atoms with E-state index in [1.165, 1.54) is 12.4 Å². The molecule has 90 valence electrons. The van der Waals surface area contributed by atoms with Crippen molar-refractivity contribution in [3.63, 3.8) is 0 Å². The summed E-state index contributed by atoms with van der Waals surface area (Å²) in [6.07, 6.45) is 2.36. The first-order chi connectivity index (χ1) is 7.48. The molecule has 16 heavy (non-hydrogen) atoms. The highest BCUT2D eigenvalue weighted by Crippen LogP contribution is 2.17. The summed E-state index contributed by atoms with van der Waals surface area (Å²) in [5, 5.41) is 0. The van der Waals surface area contributed by atoms with Gasteiger partial charge in [0.25, 0.3) is 0 Å². The molecule has 1 aromatic heterocycles. The second kappa shape index (κ2) is 5.21. The van der Waals surface area contributed by atoms with E-state index in [2.05, 4.69) is 23.8 Å². The molecule has 0 fully saturated rings. The van der Waals surface area contributed by atoms with Gasteiger partial charge in [-0.15, -0.1) is 0 Å². The average Bonchev–Trinajstić information content (AvgIpc) is 2.27. The zero-order chi connectivity index (χ0) is 12.2.